The minimum atomic E-state index is -1.69. The van der Waals surface area contributed by atoms with Gasteiger partial charge in [0, 0.05) is 29.2 Å². The number of hydrogen-bond donors (Lipinski definition) is 6. The van der Waals surface area contributed by atoms with E-state index in [4.69, 9.17) is 33.2 Å². The van der Waals surface area contributed by atoms with Crippen LogP contribution in [0.5, 0.6) is 0 Å². The van der Waals surface area contributed by atoms with E-state index in [2.05, 4.69) is 26.0 Å². The number of azide groups is 1. The van der Waals surface area contributed by atoms with Crippen molar-refractivity contribution in [3.63, 3.8) is 0 Å². The van der Waals surface area contributed by atoms with Gasteiger partial charge in [-0.25, -0.2) is 9.59 Å². The van der Waals surface area contributed by atoms with Gasteiger partial charge in [-0.05, 0) is 41.5 Å². The number of aliphatic hydroxyl groups is 3. The molecule has 0 spiro atoms. The third kappa shape index (κ3) is 14.1. The highest BCUT2D eigenvalue weighted by atomic mass is 16.7. The lowest BCUT2D eigenvalue weighted by Gasteiger charge is -2.52. The van der Waals surface area contributed by atoms with Crippen molar-refractivity contribution in [2.75, 3.05) is 13.2 Å². The first-order valence-corrected chi connectivity index (χ1v) is 23.4. The topological polar surface area (TPSA) is 261 Å². The summed E-state index contributed by atoms with van der Waals surface area (Å²) in [5.74, 6) is -1.98. The molecule has 1 aliphatic carbocycles. The lowest BCUT2D eigenvalue weighted by atomic mass is 9.80. The van der Waals surface area contributed by atoms with Crippen LogP contribution in [0.2, 0.25) is 0 Å². The van der Waals surface area contributed by atoms with E-state index >= 15 is 0 Å². The molecule has 3 aromatic rings. The predicted molar refractivity (Wildman–Crippen MR) is 246 cm³/mol. The molecule has 3 aromatic carbocycles. The number of rotatable bonds is 20. The Hall–Kier alpha value is -5.34. The molecule has 15 atom stereocenters. The number of carbonyl (C=O) groups is 3. The molecule has 2 saturated heterocycles. The summed E-state index contributed by atoms with van der Waals surface area (Å²) in [5.41, 5.74) is 11.8. The van der Waals surface area contributed by atoms with Gasteiger partial charge in [0.2, 0.25) is 5.91 Å². The second kappa shape index (κ2) is 25.9. The molecule has 7 unspecified atom stereocenters. The van der Waals surface area contributed by atoms with Crippen LogP contribution in [0.15, 0.2) is 96.1 Å². The van der Waals surface area contributed by atoms with Crippen LogP contribution in [0.1, 0.15) is 70.1 Å². The van der Waals surface area contributed by atoms with Crippen molar-refractivity contribution in [3.05, 3.63) is 118 Å². The van der Waals surface area contributed by atoms with Crippen molar-refractivity contribution in [1.82, 2.24) is 16.0 Å². The maximum absolute atomic E-state index is 14.1. The second-order valence-corrected chi connectivity index (χ2v) is 17.8. The van der Waals surface area contributed by atoms with Crippen LogP contribution in [-0.4, -0.2) is 120 Å². The van der Waals surface area contributed by atoms with Gasteiger partial charge in [0.05, 0.1) is 43.5 Å². The Morgan fingerprint density at radius 2 is 1.32 bits per heavy atom. The third-order valence-corrected chi connectivity index (χ3v) is 12.7. The fraction of sp³-hybridized carbons (Fsp3) is 0.571. The minimum absolute atomic E-state index is 0.0202. The summed E-state index contributed by atoms with van der Waals surface area (Å²) in [7, 11) is 0. The molecule has 1 saturated carbocycles. The van der Waals surface area contributed by atoms with Crippen molar-refractivity contribution in [2.24, 2.45) is 22.9 Å². The summed E-state index contributed by atoms with van der Waals surface area (Å²) in [6.07, 6.45) is -10.3. The number of benzene rings is 3. The van der Waals surface area contributed by atoms with Gasteiger partial charge in [-0.15, -0.1) is 0 Å². The molecule has 3 fully saturated rings. The number of carbonyl (C=O) groups excluding carboxylic acids is 3. The molecule has 0 radical (unpaired) electrons. The number of hydrogen-bond acceptors (Lipinski definition) is 14. The number of nitrogens with one attached hydrogen (secondary N) is 3. The van der Waals surface area contributed by atoms with Gasteiger partial charge in [0.1, 0.15) is 43.7 Å². The summed E-state index contributed by atoms with van der Waals surface area (Å²) >= 11 is 0. The van der Waals surface area contributed by atoms with Gasteiger partial charge >= 0.3 is 12.2 Å². The van der Waals surface area contributed by atoms with Crippen molar-refractivity contribution in [3.8, 4) is 0 Å². The summed E-state index contributed by atoms with van der Waals surface area (Å²) in [4.78, 5) is 43.8. The van der Waals surface area contributed by atoms with Gasteiger partial charge in [-0.1, -0.05) is 130 Å². The molecule has 0 aromatic heterocycles. The molecule has 2 aliphatic heterocycles. The Labute approximate surface area is 396 Å². The fourth-order valence-corrected chi connectivity index (χ4v) is 8.80. The molecular weight excluding hydrogens is 881 g/mol. The van der Waals surface area contributed by atoms with Gasteiger partial charge in [0.15, 0.2) is 12.6 Å². The second-order valence-electron chi connectivity index (χ2n) is 17.8. The Balaban J connectivity index is 1.35. The highest BCUT2D eigenvalue weighted by molar-refractivity contribution is 5.78. The third-order valence-electron chi connectivity index (χ3n) is 12.7. The van der Waals surface area contributed by atoms with Crippen molar-refractivity contribution >= 4 is 18.1 Å². The average Bonchev–Trinajstić information content (AvgIpc) is 3.35. The zero-order valence-corrected chi connectivity index (χ0v) is 39.0. The summed E-state index contributed by atoms with van der Waals surface area (Å²) in [5, 5.41) is 46.6. The first-order chi connectivity index (χ1) is 32.9. The van der Waals surface area contributed by atoms with E-state index in [0.29, 0.717) is 25.7 Å². The summed E-state index contributed by atoms with van der Waals surface area (Å²) < 4.78 is 44.0. The highest BCUT2D eigenvalue weighted by Crippen LogP contribution is 2.37. The van der Waals surface area contributed by atoms with Crippen LogP contribution in [0.4, 0.5) is 9.59 Å². The van der Waals surface area contributed by atoms with E-state index in [0.717, 1.165) is 16.7 Å². The van der Waals surface area contributed by atoms with E-state index in [-0.39, 0.29) is 38.2 Å². The number of amides is 3. The van der Waals surface area contributed by atoms with Gasteiger partial charge in [-0.3, -0.25) is 4.79 Å². The minimum Gasteiger partial charge on any atom is -0.445 e. The SMILES string of the molecule is CCC[C@H](C)C(=O)N[C@@H]1C(OCc2ccccc2)[C@H](NC(=O)OCc2ccccc2)C(O[C@H]2OC(CNC(=O)OCc3ccccc3)CCC2C)C(O)[C@H]1O[C@H]1OC(CO)[C@@H](O)[C@H](N=[N+]=[N-])C1C. The van der Waals surface area contributed by atoms with Crippen LogP contribution in [0, 0.1) is 17.8 Å². The van der Waals surface area contributed by atoms with Crippen LogP contribution in [-0.2, 0) is 57.8 Å². The molecule has 68 heavy (non-hydrogen) atoms. The van der Waals surface area contributed by atoms with E-state index in [1.807, 2.05) is 92.7 Å². The van der Waals surface area contributed by atoms with Crippen molar-refractivity contribution < 1.29 is 62.9 Å². The Bertz CT molecular complexity index is 2070. The standard InChI is InChI=1S/C49H66N6O13/c1-5-15-29(2)45(59)52-38-42(62-26-32-16-9-6-10-17-32)39(53-49(61)64-28-34-20-13-8-14-21-34)44(41(58)43(38)68-47-31(4)37(54-55-50)40(57)36(25-56)66-47)67-46-30(3)22-23-35(65-46)24-51-48(60)63-27-33-18-11-7-12-19-33/h6-14,16-21,29-31,35-44,46-47,56-58H,5,15,22-28H2,1-4H3,(H,51,60)(H,52,59)(H,53,61)/t29-,30?,31?,35?,36?,37+,38+,39-,40+,41?,42?,43-,44?,46+,47+/m0/s1. The summed E-state index contributed by atoms with van der Waals surface area (Å²) in [6.45, 7) is 6.67. The number of aliphatic hydroxyl groups excluding tert-OH is 3. The molecule has 370 valence electrons. The molecule has 3 aliphatic rings. The van der Waals surface area contributed by atoms with Gasteiger partial charge in [0.25, 0.3) is 0 Å². The average molecular weight is 947 g/mol. The fourth-order valence-electron chi connectivity index (χ4n) is 8.80. The monoisotopic (exact) mass is 946 g/mol. The first kappa shape index (κ1) is 52.0. The molecule has 19 heteroatoms. The van der Waals surface area contributed by atoms with E-state index in [9.17, 15) is 35.2 Å². The van der Waals surface area contributed by atoms with E-state index < -0.39 is 104 Å². The van der Waals surface area contributed by atoms with Crippen LogP contribution >= 0.6 is 0 Å². The molecule has 6 rings (SSSR count). The Morgan fingerprint density at radius 3 is 1.90 bits per heavy atom. The Kier molecular flexibility index (Phi) is 19.8. The largest absolute Gasteiger partial charge is 0.445 e. The quantitative estimate of drug-likeness (QED) is 0.0472. The predicted octanol–water partition coefficient (Wildman–Crippen LogP) is 5.39. The lowest BCUT2D eigenvalue weighted by molar-refractivity contribution is -0.315. The van der Waals surface area contributed by atoms with E-state index in [1.54, 1.807) is 26.0 Å². The number of nitrogens with zero attached hydrogens (tertiary/aromatic N) is 3. The molecule has 6 N–H and O–H groups in total. The Morgan fingerprint density at radius 1 is 0.765 bits per heavy atom. The van der Waals surface area contributed by atoms with Gasteiger partial charge in [-0.2, -0.15) is 0 Å². The molecule has 3 amide bonds. The van der Waals surface area contributed by atoms with E-state index in [1.165, 1.54) is 0 Å². The van der Waals surface area contributed by atoms with Crippen molar-refractivity contribution in [1.29, 1.82) is 0 Å². The molecule has 0 bridgehead atoms. The number of alkyl carbamates (subject to hydrolysis) is 2. The first-order valence-electron chi connectivity index (χ1n) is 23.4. The maximum atomic E-state index is 14.1. The highest BCUT2D eigenvalue weighted by Gasteiger charge is 2.57. The zero-order valence-electron chi connectivity index (χ0n) is 39.0. The zero-order chi connectivity index (χ0) is 48.6. The number of ether oxygens (including phenoxy) is 7. The van der Waals surface area contributed by atoms with Crippen LogP contribution < -0.4 is 16.0 Å². The van der Waals surface area contributed by atoms with Gasteiger partial charge < -0.3 is 64.4 Å². The molecular formula is C49H66N6O13. The smallest absolute Gasteiger partial charge is 0.407 e. The molecule has 2 heterocycles. The molecule has 19 nitrogen and oxygen atoms in total. The lowest BCUT2D eigenvalue weighted by Crippen LogP contribution is -2.74. The van der Waals surface area contributed by atoms with Crippen molar-refractivity contribution in [2.45, 2.75) is 147 Å². The normalized spacial score (nSPS) is 30.8. The van der Waals surface area contributed by atoms with Crippen LogP contribution in [0.25, 0.3) is 10.4 Å². The summed E-state index contributed by atoms with van der Waals surface area (Å²) in [6, 6.07) is 24.0. The van der Waals surface area contributed by atoms with Crippen LogP contribution in [0.3, 0.4) is 0 Å². The maximum Gasteiger partial charge on any atom is 0.407 e.